The molecule has 1 unspecified atom stereocenters. The summed E-state index contributed by atoms with van der Waals surface area (Å²) in [6.07, 6.45) is 4.80. The zero-order chi connectivity index (χ0) is 18.6. The summed E-state index contributed by atoms with van der Waals surface area (Å²) in [5, 5.41) is 9.47. The number of nitrogens with zero attached hydrogens (tertiary/aromatic N) is 2. The van der Waals surface area contributed by atoms with Crippen LogP contribution in [0.1, 0.15) is 37.7 Å². The molecule has 3 fully saturated rings. The monoisotopic (exact) mass is 372 g/mol. The SMILES string of the molecule is O=C(CC1CCN(Cc2ccccc2)CC1)N1CCOC2C[C@H](CO)C[C@@H]21. The van der Waals surface area contributed by atoms with Gasteiger partial charge in [-0.25, -0.2) is 0 Å². The van der Waals surface area contributed by atoms with Gasteiger partial charge in [0.25, 0.3) is 0 Å². The summed E-state index contributed by atoms with van der Waals surface area (Å²) in [5.74, 6) is 1.09. The highest BCUT2D eigenvalue weighted by Crippen LogP contribution is 2.35. The van der Waals surface area contributed by atoms with Gasteiger partial charge in [0.15, 0.2) is 0 Å². The molecule has 1 aliphatic carbocycles. The lowest BCUT2D eigenvalue weighted by Gasteiger charge is -2.39. The summed E-state index contributed by atoms with van der Waals surface area (Å²) >= 11 is 0. The maximum Gasteiger partial charge on any atom is 0.223 e. The van der Waals surface area contributed by atoms with E-state index in [0.717, 1.165) is 45.3 Å². The molecule has 3 atom stereocenters. The number of hydrogen-bond acceptors (Lipinski definition) is 4. The molecule has 0 spiro atoms. The number of piperidine rings is 1. The maximum atomic E-state index is 13.0. The summed E-state index contributed by atoms with van der Waals surface area (Å²) in [6, 6.07) is 10.8. The molecule has 5 heteroatoms. The highest BCUT2D eigenvalue weighted by molar-refractivity contribution is 5.77. The number of carbonyl (C=O) groups is 1. The van der Waals surface area contributed by atoms with Crippen molar-refractivity contribution in [1.82, 2.24) is 9.80 Å². The number of benzene rings is 1. The van der Waals surface area contributed by atoms with Gasteiger partial charge in [-0.1, -0.05) is 30.3 Å². The Kier molecular flexibility index (Phi) is 6.11. The van der Waals surface area contributed by atoms with Gasteiger partial charge in [0.05, 0.1) is 18.8 Å². The first-order valence-electron chi connectivity index (χ1n) is 10.5. The number of likely N-dealkylation sites (tertiary alicyclic amines) is 1. The van der Waals surface area contributed by atoms with E-state index in [9.17, 15) is 9.90 Å². The number of aliphatic hydroxyl groups is 1. The minimum Gasteiger partial charge on any atom is -0.396 e. The van der Waals surface area contributed by atoms with Crippen LogP contribution in [0.3, 0.4) is 0 Å². The Morgan fingerprint density at radius 3 is 2.59 bits per heavy atom. The second kappa shape index (κ2) is 8.72. The highest BCUT2D eigenvalue weighted by atomic mass is 16.5. The van der Waals surface area contributed by atoms with E-state index in [0.29, 0.717) is 31.4 Å². The lowest BCUT2D eigenvalue weighted by molar-refractivity contribution is -0.145. The number of ether oxygens (including phenoxy) is 1. The molecule has 3 aliphatic rings. The largest absolute Gasteiger partial charge is 0.396 e. The van der Waals surface area contributed by atoms with Gasteiger partial charge in [0.1, 0.15) is 0 Å². The summed E-state index contributed by atoms with van der Waals surface area (Å²) in [5.41, 5.74) is 1.37. The first-order chi connectivity index (χ1) is 13.2. The van der Waals surface area contributed by atoms with Crippen molar-refractivity contribution >= 4 is 5.91 Å². The van der Waals surface area contributed by atoms with Crippen molar-refractivity contribution in [3.63, 3.8) is 0 Å². The molecule has 0 radical (unpaired) electrons. The van der Waals surface area contributed by atoms with E-state index in [1.807, 2.05) is 0 Å². The standard InChI is InChI=1S/C22H32N2O3/c25-16-19-12-20-21(13-19)27-11-10-24(20)22(26)14-17-6-8-23(9-7-17)15-18-4-2-1-3-5-18/h1-5,17,19-21,25H,6-16H2/t19-,20+,21?/m1/s1. The average molecular weight is 373 g/mol. The molecule has 1 aromatic carbocycles. The van der Waals surface area contributed by atoms with Crippen LogP contribution in [0, 0.1) is 11.8 Å². The summed E-state index contributed by atoms with van der Waals surface area (Å²) in [7, 11) is 0. The normalized spacial score (nSPS) is 29.7. The third kappa shape index (κ3) is 4.53. The molecule has 1 aromatic rings. The van der Waals surface area contributed by atoms with Crippen LogP contribution in [0.2, 0.25) is 0 Å². The van der Waals surface area contributed by atoms with Crippen LogP contribution in [-0.4, -0.2) is 65.8 Å². The van der Waals surface area contributed by atoms with Crippen LogP contribution < -0.4 is 0 Å². The van der Waals surface area contributed by atoms with Gasteiger partial charge in [-0.2, -0.15) is 0 Å². The van der Waals surface area contributed by atoms with E-state index in [1.165, 1.54) is 5.56 Å². The third-order valence-electron chi connectivity index (χ3n) is 6.63. The summed E-state index contributed by atoms with van der Waals surface area (Å²) < 4.78 is 5.86. The molecule has 1 saturated carbocycles. The number of rotatable bonds is 5. The molecule has 27 heavy (non-hydrogen) atoms. The lowest BCUT2D eigenvalue weighted by atomic mass is 9.92. The van der Waals surface area contributed by atoms with E-state index in [-0.39, 0.29) is 24.7 Å². The van der Waals surface area contributed by atoms with Crippen molar-refractivity contribution in [1.29, 1.82) is 0 Å². The Bertz CT molecular complexity index is 615. The minimum absolute atomic E-state index is 0.132. The van der Waals surface area contributed by atoms with Crippen molar-refractivity contribution in [2.75, 3.05) is 32.8 Å². The predicted octanol–water partition coefficient (Wildman–Crippen LogP) is 2.29. The molecule has 2 heterocycles. The number of carbonyl (C=O) groups excluding carboxylic acids is 1. The molecular formula is C22H32N2O3. The van der Waals surface area contributed by atoms with Crippen LogP contribution in [0.25, 0.3) is 0 Å². The highest BCUT2D eigenvalue weighted by Gasteiger charge is 2.42. The zero-order valence-electron chi connectivity index (χ0n) is 16.1. The first kappa shape index (κ1) is 18.9. The second-order valence-electron chi connectivity index (χ2n) is 8.49. The van der Waals surface area contributed by atoms with E-state index >= 15 is 0 Å². The second-order valence-corrected chi connectivity index (χ2v) is 8.49. The van der Waals surface area contributed by atoms with Crippen molar-refractivity contribution in [3.8, 4) is 0 Å². The van der Waals surface area contributed by atoms with E-state index in [2.05, 4.69) is 40.1 Å². The molecule has 0 bridgehead atoms. The Labute approximate surface area is 162 Å². The average Bonchev–Trinajstić information content (AvgIpc) is 3.13. The number of fused-ring (bicyclic) bond motifs is 1. The molecule has 1 amide bonds. The fourth-order valence-electron chi connectivity index (χ4n) is 5.06. The minimum atomic E-state index is 0.132. The number of aliphatic hydroxyl groups excluding tert-OH is 1. The van der Waals surface area contributed by atoms with Gasteiger partial charge in [0.2, 0.25) is 5.91 Å². The zero-order valence-corrected chi connectivity index (χ0v) is 16.1. The van der Waals surface area contributed by atoms with E-state index < -0.39 is 0 Å². The summed E-state index contributed by atoms with van der Waals surface area (Å²) in [6.45, 7) is 4.73. The van der Waals surface area contributed by atoms with Crippen molar-refractivity contribution < 1.29 is 14.6 Å². The van der Waals surface area contributed by atoms with Gasteiger partial charge >= 0.3 is 0 Å². The van der Waals surface area contributed by atoms with Crippen molar-refractivity contribution in [2.24, 2.45) is 11.8 Å². The Morgan fingerprint density at radius 2 is 1.85 bits per heavy atom. The summed E-state index contributed by atoms with van der Waals surface area (Å²) in [4.78, 5) is 17.5. The number of morpholine rings is 1. The Morgan fingerprint density at radius 1 is 1.07 bits per heavy atom. The van der Waals surface area contributed by atoms with Gasteiger partial charge in [-0.15, -0.1) is 0 Å². The smallest absolute Gasteiger partial charge is 0.223 e. The number of hydrogen-bond donors (Lipinski definition) is 1. The van der Waals surface area contributed by atoms with Crippen LogP contribution in [0.4, 0.5) is 0 Å². The lowest BCUT2D eigenvalue weighted by Crippen LogP contribution is -2.51. The third-order valence-corrected chi connectivity index (χ3v) is 6.63. The van der Waals surface area contributed by atoms with E-state index in [4.69, 9.17) is 4.74 Å². The molecule has 2 saturated heterocycles. The fraction of sp³-hybridized carbons (Fsp3) is 0.682. The van der Waals surface area contributed by atoms with Gasteiger partial charge < -0.3 is 14.7 Å². The Balaban J connectivity index is 1.26. The van der Waals surface area contributed by atoms with Gasteiger partial charge in [-0.05, 0) is 56.2 Å². The molecule has 4 rings (SSSR count). The number of amides is 1. The van der Waals surface area contributed by atoms with Gasteiger partial charge in [0, 0.05) is 26.1 Å². The predicted molar refractivity (Wildman–Crippen MR) is 104 cm³/mol. The topological polar surface area (TPSA) is 53.0 Å². The van der Waals surface area contributed by atoms with Crippen molar-refractivity contribution in [3.05, 3.63) is 35.9 Å². The first-order valence-corrected chi connectivity index (χ1v) is 10.5. The van der Waals surface area contributed by atoms with Crippen LogP contribution >= 0.6 is 0 Å². The fourth-order valence-corrected chi connectivity index (χ4v) is 5.06. The Hall–Kier alpha value is -1.43. The molecule has 2 aliphatic heterocycles. The molecule has 148 valence electrons. The molecule has 1 N–H and O–H groups in total. The molecule has 5 nitrogen and oxygen atoms in total. The van der Waals surface area contributed by atoms with Crippen LogP contribution in [0.5, 0.6) is 0 Å². The van der Waals surface area contributed by atoms with Crippen LogP contribution in [0.15, 0.2) is 30.3 Å². The molecule has 0 aromatic heterocycles. The molecular weight excluding hydrogens is 340 g/mol. The van der Waals surface area contributed by atoms with Crippen molar-refractivity contribution in [2.45, 2.75) is 50.8 Å². The maximum absolute atomic E-state index is 13.0. The quantitative estimate of drug-likeness (QED) is 0.862. The van der Waals surface area contributed by atoms with E-state index in [1.54, 1.807) is 0 Å². The van der Waals surface area contributed by atoms with Crippen LogP contribution in [-0.2, 0) is 16.1 Å². The van der Waals surface area contributed by atoms with Gasteiger partial charge in [-0.3, -0.25) is 9.69 Å².